The SMILES string of the molecule is COc1c(C)cc([C@@H](O)c2cccs2)cc1C. The molecular weight excluding hydrogens is 232 g/mol. The van der Waals surface area contributed by atoms with Gasteiger partial charge in [0.15, 0.2) is 0 Å². The average Bonchev–Trinajstić information content (AvgIpc) is 2.81. The van der Waals surface area contributed by atoms with Crippen LogP contribution in [-0.4, -0.2) is 12.2 Å². The highest BCUT2D eigenvalue weighted by molar-refractivity contribution is 7.10. The molecule has 0 aliphatic carbocycles. The molecule has 0 fully saturated rings. The van der Waals surface area contributed by atoms with E-state index < -0.39 is 6.10 Å². The van der Waals surface area contributed by atoms with Gasteiger partial charge in [-0.2, -0.15) is 0 Å². The highest BCUT2D eigenvalue weighted by Gasteiger charge is 2.14. The molecule has 1 aromatic heterocycles. The normalized spacial score (nSPS) is 12.5. The lowest BCUT2D eigenvalue weighted by Crippen LogP contribution is -2.00. The van der Waals surface area contributed by atoms with E-state index in [0.29, 0.717) is 0 Å². The number of ether oxygens (including phenoxy) is 1. The van der Waals surface area contributed by atoms with Gasteiger partial charge in [0.1, 0.15) is 11.9 Å². The number of thiophene rings is 1. The monoisotopic (exact) mass is 248 g/mol. The minimum absolute atomic E-state index is 0.543. The number of aliphatic hydroxyl groups excluding tert-OH is 1. The predicted octanol–water partition coefficient (Wildman–Crippen LogP) is 3.46. The zero-order chi connectivity index (χ0) is 12.4. The fourth-order valence-electron chi connectivity index (χ4n) is 2.07. The molecule has 3 heteroatoms. The predicted molar refractivity (Wildman–Crippen MR) is 70.8 cm³/mol. The van der Waals surface area contributed by atoms with Crippen LogP contribution in [0.15, 0.2) is 29.6 Å². The van der Waals surface area contributed by atoms with Crippen LogP contribution >= 0.6 is 11.3 Å². The molecule has 90 valence electrons. The molecule has 0 unspecified atom stereocenters. The first-order valence-electron chi connectivity index (χ1n) is 5.50. The summed E-state index contributed by atoms with van der Waals surface area (Å²) in [7, 11) is 1.67. The van der Waals surface area contributed by atoms with Crippen LogP contribution in [0.3, 0.4) is 0 Å². The van der Waals surface area contributed by atoms with E-state index in [-0.39, 0.29) is 0 Å². The van der Waals surface area contributed by atoms with E-state index >= 15 is 0 Å². The van der Waals surface area contributed by atoms with Crippen LogP contribution in [0.4, 0.5) is 0 Å². The van der Waals surface area contributed by atoms with Crippen molar-refractivity contribution < 1.29 is 9.84 Å². The third-order valence-electron chi connectivity index (χ3n) is 2.82. The molecule has 1 N–H and O–H groups in total. The van der Waals surface area contributed by atoms with Gasteiger partial charge in [0, 0.05) is 4.88 Å². The standard InChI is InChI=1S/C14H16O2S/c1-9-7-11(8-10(2)14(9)16-3)13(15)12-5-4-6-17-12/h4-8,13,15H,1-3H3/t13-/m1/s1. The van der Waals surface area contributed by atoms with E-state index in [1.807, 2.05) is 43.5 Å². The Hall–Kier alpha value is -1.32. The minimum Gasteiger partial charge on any atom is -0.496 e. The topological polar surface area (TPSA) is 29.5 Å². The molecule has 0 spiro atoms. The molecule has 0 aliphatic heterocycles. The Morgan fingerprint density at radius 2 is 1.88 bits per heavy atom. The van der Waals surface area contributed by atoms with Crippen LogP contribution in [0.5, 0.6) is 5.75 Å². The van der Waals surface area contributed by atoms with Gasteiger partial charge in [0.25, 0.3) is 0 Å². The van der Waals surface area contributed by atoms with Crippen molar-refractivity contribution in [3.8, 4) is 5.75 Å². The lowest BCUT2D eigenvalue weighted by molar-refractivity contribution is 0.224. The molecule has 2 rings (SSSR count). The fourth-order valence-corrected chi connectivity index (χ4v) is 2.81. The molecule has 0 saturated carbocycles. The Balaban J connectivity index is 2.40. The van der Waals surface area contributed by atoms with Crippen LogP contribution in [0.1, 0.15) is 27.7 Å². The Labute approximate surface area is 105 Å². The molecule has 2 aromatic rings. The van der Waals surface area contributed by atoms with Gasteiger partial charge in [0.05, 0.1) is 7.11 Å². The largest absolute Gasteiger partial charge is 0.496 e. The van der Waals surface area contributed by atoms with Crippen molar-refractivity contribution in [1.82, 2.24) is 0 Å². The molecule has 0 aliphatic rings. The van der Waals surface area contributed by atoms with E-state index in [0.717, 1.165) is 27.3 Å². The second kappa shape index (κ2) is 4.90. The van der Waals surface area contributed by atoms with Crippen molar-refractivity contribution in [1.29, 1.82) is 0 Å². The lowest BCUT2D eigenvalue weighted by Gasteiger charge is -2.14. The highest BCUT2D eigenvalue weighted by atomic mass is 32.1. The number of methoxy groups -OCH3 is 1. The zero-order valence-electron chi connectivity index (χ0n) is 10.2. The van der Waals surface area contributed by atoms with Gasteiger partial charge < -0.3 is 9.84 Å². The number of aryl methyl sites for hydroxylation is 2. The fraction of sp³-hybridized carbons (Fsp3) is 0.286. The molecular formula is C14H16O2S. The summed E-state index contributed by atoms with van der Waals surface area (Å²) in [6.45, 7) is 3.99. The smallest absolute Gasteiger partial charge is 0.124 e. The van der Waals surface area contributed by atoms with Crippen LogP contribution in [0.25, 0.3) is 0 Å². The van der Waals surface area contributed by atoms with Gasteiger partial charge in [0.2, 0.25) is 0 Å². The second-order valence-corrected chi connectivity index (χ2v) is 5.09. The Kier molecular flexibility index (Phi) is 3.50. The zero-order valence-corrected chi connectivity index (χ0v) is 11.0. The summed E-state index contributed by atoms with van der Waals surface area (Å²) in [6.07, 6.45) is -0.543. The third-order valence-corrected chi connectivity index (χ3v) is 3.74. The lowest BCUT2D eigenvalue weighted by atomic mass is 10.0. The van der Waals surface area contributed by atoms with Gasteiger partial charge in [-0.25, -0.2) is 0 Å². The van der Waals surface area contributed by atoms with Crippen LogP contribution in [-0.2, 0) is 0 Å². The quantitative estimate of drug-likeness (QED) is 0.901. The summed E-state index contributed by atoms with van der Waals surface area (Å²) in [5.74, 6) is 0.895. The first-order valence-corrected chi connectivity index (χ1v) is 6.38. The number of hydrogen-bond acceptors (Lipinski definition) is 3. The van der Waals surface area contributed by atoms with Gasteiger partial charge in [-0.1, -0.05) is 6.07 Å². The first-order chi connectivity index (χ1) is 8.13. The average molecular weight is 248 g/mol. The summed E-state index contributed by atoms with van der Waals surface area (Å²) < 4.78 is 5.32. The summed E-state index contributed by atoms with van der Waals surface area (Å²) in [4.78, 5) is 0.967. The summed E-state index contributed by atoms with van der Waals surface area (Å²) in [5, 5.41) is 12.2. The summed E-state index contributed by atoms with van der Waals surface area (Å²) in [6, 6.07) is 7.86. The molecule has 0 amide bonds. The van der Waals surface area contributed by atoms with Crippen molar-refractivity contribution in [2.45, 2.75) is 20.0 Å². The van der Waals surface area contributed by atoms with Crippen molar-refractivity contribution in [2.24, 2.45) is 0 Å². The second-order valence-electron chi connectivity index (χ2n) is 4.11. The van der Waals surface area contributed by atoms with Crippen molar-refractivity contribution in [3.63, 3.8) is 0 Å². The number of aliphatic hydroxyl groups is 1. The van der Waals surface area contributed by atoms with E-state index in [2.05, 4.69) is 0 Å². The Bertz CT molecular complexity index is 480. The molecule has 1 heterocycles. The summed E-state index contributed by atoms with van der Waals surface area (Å²) in [5.41, 5.74) is 3.03. The highest BCUT2D eigenvalue weighted by Crippen LogP contribution is 2.31. The molecule has 0 bridgehead atoms. The molecule has 2 nitrogen and oxygen atoms in total. The van der Waals surface area contributed by atoms with Gasteiger partial charge in [-0.05, 0) is 54.1 Å². The molecule has 1 atom stereocenters. The Morgan fingerprint density at radius 1 is 1.24 bits per heavy atom. The van der Waals surface area contributed by atoms with E-state index in [1.54, 1.807) is 18.4 Å². The maximum absolute atomic E-state index is 10.3. The third kappa shape index (κ3) is 2.35. The maximum atomic E-state index is 10.3. The van der Waals surface area contributed by atoms with Crippen LogP contribution < -0.4 is 4.74 Å². The number of benzene rings is 1. The number of hydrogen-bond donors (Lipinski definition) is 1. The van der Waals surface area contributed by atoms with Gasteiger partial charge in [-0.15, -0.1) is 11.3 Å². The van der Waals surface area contributed by atoms with Crippen molar-refractivity contribution >= 4 is 11.3 Å². The molecule has 17 heavy (non-hydrogen) atoms. The molecule has 1 aromatic carbocycles. The first kappa shape index (κ1) is 12.1. The van der Waals surface area contributed by atoms with Crippen LogP contribution in [0, 0.1) is 13.8 Å². The minimum atomic E-state index is -0.543. The van der Waals surface area contributed by atoms with Crippen LogP contribution in [0.2, 0.25) is 0 Å². The van der Waals surface area contributed by atoms with Gasteiger partial charge >= 0.3 is 0 Å². The van der Waals surface area contributed by atoms with Gasteiger partial charge in [-0.3, -0.25) is 0 Å². The van der Waals surface area contributed by atoms with Crippen molar-refractivity contribution in [2.75, 3.05) is 7.11 Å². The molecule has 0 radical (unpaired) electrons. The number of rotatable bonds is 3. The summed E-state index contributed by atoms with van der Waals surface area (Å²) >= 11 is 1.57. The Morgan fingerprint density at radius 3 is 2.35 bits per heavy atom. The van der Waals surface area contributed by atoms with E-state index in [4.69, 9.17) is 4.74 Å². The van der Waals surface area contributed by atoms with Crippen molar-refractivity contribution in [3.05, 3.63) is 51.2 Å². The molecule has 0 saturated heterocycles. The van der Waals surface area contributed by atoms with E-state index in [1.165, 1.54) is 0 Å². The van der Waals surface area contributed by atoms with E-state index in [9.17, 15) is 5.11 Å². The maximum Gasteiger partial charge on any atom is 0.124 e.